The first-order chi connectivity index (χ1) is 13.6. The molecular formula is C22H23BrN2O3. The minimum atomic E-state index is -0.314. The largest absolute Gasteiger partial charge is 0.494 e. The predicted octanol–water partition coefficient (Wildman–Crippen LogP) is 4.24. The molecule has 0 aliphatic carbocycles. The van der Waals surface area contributed by atoms with Crippen molar-refractivity contribution >= 4 is 33.8 Å². The zero-order chi connectivity index (χ0) is 19.9. The topological polar surface area (TPSA) is 58.6 Å². The van der Waals surface area contributed by atoms with Crippen LogP contribution in [-0.4, -0.2) is 36.4 Å². The van der Waals surface area contributed by atoms with E-state index in [2.05, 4.69) is 21.2 Å². The zero-order valence-corrected chi connectivity index (χ0v) is 17.4. The predicted molar refractivity (Wildman–Crippen MR) is 113 cm³/mol. The van der Waals surface area contributed by atoms with Gasteiger partial charge in [0.25, 0.3) is 11.8 Å². The average Bonchev–Trinajstić information content (AvgIpc) is 3.23. The molecule has 6 heteroatoms. The van der Waals surface area contributed by atoms with E-state index >= 15 is 0 Å². The number of carbonyl (C=O) groups excluding carboxylic acids is 2. The van der Waals surface area contributed by atoms with Crippen LogP contribution in [0.4, 0.5) is 0 Å². The van der Waals surface area contributed by atoms with Gasteiger partial charge in [0.05, 0.1) is 6.61 Å². The molecule has 0 saturated carbocycles. The second-order valence-corrected chi connectivity index (χ2v) is 7.44. The van der Waals surface area contributed by atoms with Crippen molar-refractivity contribution in [2.45, 2.75) is 19.8 Å². The van der Waals surface area contributed by atoms with Crippen LogP contribution in [0.1, 0.15) is 35.7 Å². The maximum atomic E-state index is 13.0. The van der Waals surface area contributed by atoms with Gasteiger partial charge in [0.15, 0.2) is 0 Å². The number of hydrogen-bond donors (Lipinski definition) is 1. The summed E-state index contributed by atoms with van der Waals surface area (Å²) in [4.78, 5) is 27.4. The fourth-order valence-corrected chi connectivity index (χ4v) is 3.46. The smallest absolute Gasteiger partial charge is 0.270 e. The second-order valence-electron chi connectivity index (χ2n) is 6.52. The van der Waals surface area contributed by atoms with Gasteiger partial charge < -0.3 is 15.0 Å². The molecule has 3 rings (SSSR count). The summed E-state index contributed by atoms with van der Waals surface area (Å²) in [6, 6.07) is 14.5. The molecule has 1 heterocycles. The minimum absolute atomic E-state index is 0.158. The lowest BCUT2D eigenvalue weighted by molar-refractivity contribution is -0.126. The van der Waals surface area contributed by atoms with Gasteiger partial charge in [-0.1, -0.05) is 34.1 Å². The molecule has 2 aromatic rings. The molecule has 0 spiro atoms. The Hall–Kier alpha value is -2.60. The Morgan fingerprint density at radius 2 is 1.86 bits per heavy atom. The second kappa shape index (κ2) is 9.55. The quantitative estimate of drug-likeness (QED) is 0.680. The summed E-state index contributed by atoms with van der Waals surface area (Å²) < 4.78 is 6.27. The van der Waals surface area contributed by atoms with Crippen molar-refractivity contribution < 1.29 is 14.3 Å². The molecule has 2 aromatic carbocycles. The highest BCUT2D eigenvalue weighted by atomic mass is 79.9. The monoisotopic (exact) mass is 442 g/mol. The third kappa shape index (κ3) is 5.23. The average molecular weight is 443 g/mol. The molecule has 0 unspecified atom stereocenters. The van der Waals surface area contributed by atoms with Crippen molar-refractivity contribution in [3.05, 3.63) is 69.8 Å². The first-order valence-electron chi connectivity index (χ1n) is 9.37. The standard InChI is InChI=1S/C22H23BrN2O3/c1-2-28-19-10-8-16(9-11-19)14-20(22(27)25-12-3-4-13-25)24-21(26)17-6-5-7-18(23)15-17/h5-11,14-15H,2-4,12-13H2,1H3,(H,24,26)/b20-14+. The molecule has 1 saturated heterocycles. The SMILES string of the molecule is CCOc1ccc(/C=C(/NC(=O)c2cccc(Br)c2)C(=O)N2CCCC2)cc1. The van der Waals surface area contributed by atoms with Crippen LogP contribution in [0.15, 0.2) is 58.7 Å². The summed E-state index contributed by atoms with van der Waals surface area (Å²) >= 11 is 3.37. The fraction of sp³-hybridized carbons (Fsp3) is 0.273. The number of hydrogen-bond acceptors (Lipinski definition) is 3. The van der Waals surface area contributed by atoms with Gasteiger partial charge in [-0.25, -0.2) is 0 Å². The molecule has 0 radical (unpaired) electrons. The normalized spacial score (nSPS) is 14.1. The molecule has 28 heavy (non-hydrogen) atoms. The highest BCUT2D eigenvalue weighted by Gasteiger charge is 2.23. The lowest BCUT2D eigenvalue weighted by Crippen LogP contribution is -2.36. The van der Waals surface area contributed by atoms with Crippen LogP contribution in [0.25, 0.3) is 6.08 Å². The molecule has 1 aliphatic rings. The van der Waals surface area contributed by atoms with E-state index in [0.717, 1.165) is 28.6 Å². The van der Waals surface area contributed by atoms with E-state index in [4.69, 9.17) is 4.74 Å². The molecule has 0 bridgehead atoms. The van der Waals surface area contributed by atoms with Crippen molar-refractivity contribution in [3.63, 3.8) is 0 Å². The van der Waals surface area contributed by atoms with Gasteiger partial charge in [-0.2, -0.15) is 0 Å². The van der Waals surface area contributed by atoms with Crippen LogP contribution in [-0.2, 0) is 4.79 Å². The van der Waals surface area contributed by atoms with E-state index in [0.29, 0.717) is 25.3 Å². The Labute approximate surface area is 173 Å². The Morgan fingerprint density at radius 1 is 1.14 bits per heavy atom. The van der Waals surface area contributed by atoms with Crippen LogP contribution < -0.4 is 10.1 Å². The Balaban J connectivity index is 1.85. The van der Waals surface area contributed by atoms with Crippen molar-refractivity contribution in [1.82, 2.24) is 10.2 Å². The van der Waals surface area contributed by atoms with Crippen LogP contribution in [0.3, 0.4) is 0 Å². The van der Waals surface area contributed by atoms with Gasteiger partial charge in [-0.15, -0.1) is 0 Å². The van der Waals surface area contributed by atoms with Crippen molar-refractivity contribution in [2.75, 3.05) is 19.7 Å². The molecule has 1 N–H and O–H groups in total. The van der Waals surface area contributed by atoms with Crippen LogP contribution in [0.2, 0.25) is 0 Å². The van der Waals surface area contributed by atoms with Gasteiger partial charge in [-0.3, -0.25) is 9.59 Å². The van der Waals surface area contributed by atoms with E-state index in [-0.39, 0.29) is 17.5 Å². The van der Waals surface area contributed by atoms with Crippen molar-refractivity contribution in [3.8, 4) is 5.75 Å². The minimum Gasteiger partial charge on any atom is -0.494 e. The van der Waals surface area contributed by atoms with Gasteiger partial charge in [0, 0.05) is 23.1 Å². The maximum Gasteiger partial charge on any atom is 0.270 e. The van der Waals surface area contributed by atoms with E-state index in [1.165, 1.54) is 0 Å². The van der Waals surface area contributed by atoms with E-state index in [1.54, 1.807) is 29.2 Å². The zero-order valence-electron chi connectivity index (χ0n) is 15.8. The molecule has 2 amide bonds. The molecule has 1 aliphatic heterocycles. The van der Waals surface area contributed by atoms with Gasteiger partial charge in [0.1, 0.15) is 11.4 Å². The molecule has 0 atom stereocenters. The van der Waals surface area contributed by atoms with Crippen molar-refractivity contribution in [1.29, 1.82) is 0 Å². The summed E-state index contributed by atoms with van der Waals surface area (Å²) in [7, 11) is 0. The number of nitrogens with one attached hydrogen (secondary N) is 1. The summed E-state index contributed by atoms with van der Waals surface area (Å²) in [5.74, 6) is 0.297. The molecular weight excluding hydrogens is 420 g/mol. The van der Waals surface area contributed by atoms with Gasteiger partial charge >= 0.3 is 0 Å². The van der Waals surface area contributed by atoms with Crippen molar-refractivity contribution in [2.24, 2.45) is 0 Å². The number of rotatable bonds is 6. The highest BCUT2D eigenvalue weighted by Crippen LogP contribution is 2.18. The summed E-state index contributed by atoms with van der Waals surface area (Å²) in [6.45, 7) is 3.95. The number of amides is 2. The summed E-state index contributed by atoms with van der Waals surface area (Å²) in [6.07, 6.45) is 3.69. The number of carbonyl (C=O) groups is 2. The molecule has 5 nitrogen and oxygen atoms in total. The Kier molecular flexibility index (Phi) is 6.87. The number of benzene rings is 2. The number of nitrogens with zero attached hydrogens (tertiary/aromatic N) is 1. The Morgan fingerprint density at radius 3 is 2.50 bits per heavy atom. The molecule has 1 fully saturated rings. The van der Waals surface area contributed by atoms with Gasteiger partial charge in [-0.05, 0) is 61.7 Å². The maximum absolute atomic E-state index is 13.0. The van der Waals surface area contributed by atoms with E-state index in [1.807, 2.05) is 37.3 Å². The highest BCUT2D eigenvalue weighted by molar-refractivity contribution is 9.10. The summed E-state index contributed by atoms with van der Waals surface area (Å²) in [5.41, 5.74) is 1.58. The first-order valence-corrected chi connectivity index (χ1v) is 10.2. The summed E-state index contributed by atoms with van der Waals surface area (Å²) in [5, 5.41) is 2.80. The van der Waals surface area contributed by atoms with Crippen LogP contribution >= 0.6 is 15.9 Å². The Bertz CT molecular complexity index is 872. The van der Waals surface area contributed by atoms with Crippen LogP contribution in [0, 0.1) is 0 Å². The van der Waals surface area contributed by atoms with E-state index in [9.17, 15) is 9.59 Å². The van der Waals surface area contributed by atoms with E-state index < -0.39 is 0 Å². The first kappa shape index (κ1) is 20.1. The lowest BCUT2D eigenvalue weighted by atomic mass is 10.1. The molecule has 0 aromatic heterocycles. The fourth-order valence-electron chi connectivity index (χ4n) is 3.06. The third-order valence-electron chi connectivity index (χ3n) is 4.46. The third-order valence-corrected chi connectivity index (χ3v) is 4.95. The number of likely N-dealkylation sites (tertiary alicyclic amines) is 1. The lowest BCUT2D eigenvalue weighted by Gasteiger charge is -2.18. The van der Waals surface area contributed by atoms with Crippen LogP contribution in [0.5, 0.6) is 5.75 Å². The van der Waals surface area contributed by atoms with Gasteiger partial charge in [0.2, 0.25) is 0 Å². The number of halogens is 1. The number of ether oxygens (including phenoxy) is 1. The molecule has 146 valence electrons.